The number of alkyl halides is 1. The van der Waals surface area contributed by atoms with Crippen LogP contribution in [0.25, 0.3) is 11.2 Å². The first-order chi connectivity index (χ1) is 19.9. The number of halogens is 1. The summed E-state index contributed by atoms with van der Waals surface area (Å²) in [4.78, 5) is 25.2. The predicted octanol–water partition coefficient (Wildman–Crippen LogP) is 3.10. The molecule has 1 aromatic carbocycles. The number of carbonyl (C=O) groups is 1. The summed E-state index contributed by atoms with van der Waals surface area (Å²) < 4.78 is 53.6. The number of para-hydroxylation sites is 1. The number of hydrogen-bond donors (Lipinski definition) is 4. The zero-order valence-corrected chi connectivity index (χ0v) is 24.5. The van der Waals surface area contributed by atoms with E-state index in [2.05, 4.69) is 25.4 Å². The Kier molecular flexibility index (Phi) is 8.41. The number of carbonyl (C=O) groups excluding carboxylic acids is 1. The van der Waals surface area contributed by atoms with Crippen LogP contribution in [-0.2, 0) is 23.4 Å². The summed E-state index contributed by atoms with van der Waals surface area (Å²) in [5, 5.41) is 16.7. The molecule has 2 unspecified atom stereocenters. The zero-order valence-electron chi connectivity index (χ0n) is 23.6. The number of aliphatic hydroxyl groups excluding tert-OH is 1. The molecule has 1 saturated heterocycles. The number of rotatable bonds is 12. The lowest BCUT2D eigenvalue weighted by Crippen LogP contribution is -2.41. The minimum Gasteiger partial charge on any atom is -0.462 e. The number of anilines is 2. The van der Waals surface area contributed by atoms with Crippen molar-refractivity contribution >= 4 is 36.6 Å². The van der Waals surface area contributed by atoms with Crippen LogP contribution >= 0.6 is 7.75 Å². The van der Waals surface area contributed by atoms with Gasteiger partial charge in [0, 0.05) is 6.04 Å². The van der Waals surface area contributed by atoms with Crippen LogP contribution in [0.15, 0.2) is 36.7 Å². The van der Waals surface area contributed by atoms with Crippen LogP contribution in [0.3, 0.4) is 0 Å². The Bertz CT molecular complexity index is 1470. The zero-order chi connectivity index (χ0) is 30.2. The molecule has 5 N–H and O–H groups in total. The summed E-state index contributed by atoms with van der Waals surface area (Å²) in [6.07, 6.45) is -1.50. The van der Waals surface area contributed by atoms with Gasteiger partial charge >= 0.3 is 13.7 Å². The van der Waals surface area contributed by atoms with Crippen molar-refractivity contribution in [3.63, 3.8) is 0 Å². The maximum Gasteiger partial charge on any atom is 0.459 e. The van der Waals surface area contributed by atoms with Crippen LogP contribution < -0.4 is 20.7 Å². The van der Waals surface area contributed by atoms with Crippen molar-refractivity contribution < 1.29 is 37.4 Å². The van der Waals surface area contributed by atoms with Gasteiger partial charge in [-0.25, -0.2) is 13.9 Å². The molecular weight excluding hydrogens is 572 g/mol. The molecule has 3 aromatic rings. The van der Waals surface area contributed by atoms with E-state index in [9.17, 15) is 14.5 Å². The van der Waals surface area contributed by atoms with Gasteiger partial charge in [0.15, 0.2) is 28.9 Å². The largest absolute Gasteiger partial charge is 0.462 e. The van der Waals surface area contributed by atoms with Gasteiger partial charge in [0.1, 0.15) is 24.0 Å². The van der Waals surface area contributed by atoms with Crippen LogP contribution in [0.1, 0.15) is 46.8 Å². The molecule has 0 bridgehead atoms. The van der Waals surface area contributed by atoms with Crippen LogP contribution in [0.5, 0.6) is 5.75 Å². The number of benzene rings is 1. The average molecular weight is 608 g/mol. The second-order valence-corrected chi connectivity index (χ2v) is 12.5. The molecule has 6 atom stereocenters. The van der Waals surface area contributed by atoms with Crippen molar-refractivity contribution in [3.05, 3.63) is 36.7 Å². The molecule has 0 spiro atoms. The van der Waals surface area contributed by atoms with Crippen molar-refractivity contribution in [3.8, 4) is 5.75 Å². The van der Waals surface area contributed by atoms with E-state index in [1.807, 2.05) is 0 Å². The highest BCUT2D eigenvalue weighted by Gasteiger charge is 2.56. The van der Waals surface area contributed by atoms with Crippen LogP contribution in [0.4, 0.5) is 16.2 Å². The summed E-state index contributed by atoms with van der Waals surface area (Å²) in [6, 6.07) is 7.33. The Morgan fingerprint density at radius 1 is 1.29 bits per heavy atom. The van der Waals surface area contributed by atoms with Gasteiger partial charge in [-0.1, -0.05) is 18.2 Å². The van der Waals surface area contributed by atoms with E-state index in [0.717, 1.165) is 12.8 Å². The van der Waals surface area contributed by atoms with Gasteiger partial charge in [0.25, 0.3) is 0 Å². The molecule has 14 nitrogen and oxygen atoms in total. The highest BCUT2D eigenvalue weighted by molar-refractivity contribution is 7.52. The van der Waals surface area contributed by atoms with Crippen molar-refractivity contribution in [1.29, 1.82) is 0 Å². The third kappa shape index (κ3) is 6.50. The first-order valence-corrected chi connectivity index (χ1v) is 15.2. The number of nitrogen functional groups attached to an aromatic ring is 1. The number of ether oxygens (including phenoxy) is 2. The Hall–Kier alpha value is -3.36. The maximum atomic E-state index is 16.1. The minimum absolute atomic E-state index is 0.0402. The molecule has 228 valence electrons. The second-order valence-electron chi connectivity index (χ2n) is 10.8. The summed E-state index contributed by atoms with van der Waals surface area (Å²) in [6.45, 7) is 5.41. The van der Waals surface area contributed by atoms with Gasteiger partial charge in [-0.2, -0.15) is 15.1 Å². The molecule has 0 radical (unpaired) electrons. The summed E-state index contributed by atoms with van der Waals surface area (Å²) >= 11 is 0. The lowest BCUT2D eigenvalue weighted by molar-refractivity contribution is -0.149. The third-order valence-electron chi connectivity index (χ3n) is 6.76. The molecule has 3 heterocycles. The topological polar surface area (TPSA) is 185 Å². The molecule has 0 amide bonds. The number of aliphatic hydroxyl groups is 1. The Labute approximate surface area is 241 Å². The molecule has 1 aliphatic heterocycles. The lowest BCUT2D eigenvalue weighted by atomic mass is 9.98. The number of hydrogen-bond acceptors (Lipinski definition) is 12. The number of esters is 1. The smallest absolute Gasteiger partial charge is 0.459 e. The van der Waals surface area contributed by atoms with Gasteiger partial charge in [-0.05, 0) is 52.7 Å². The van der Waals surface area contributed by atoms with Gasteiger partial charge in [0.05, 0.1) is 19.0 Å². The summed E-state index contributed by atoms with van der Waals surface area (Å²) in [5.41, 5.74) is 4.16. The summed E-state index contributed by atoms with van der Waals surface area (Å²) in [7, 11) is -4.28. The highest BCUT2D eigenvalue weighted by atomic mass is 31.2. The fraction of sp³-hybridized carbons (Fsp3) is 0.538. The lowest BCUT2D eigenvalue weighted by Gasteiger charge is -2.25. The van der Waals surface area contributed by atoms with Crippen molar-refractivity contribution in [2.24, 2.45) is 0 Å². The van der Waals surface area contributed by atoms with E-state index in [1.54, 1.807) is 44.2 Å². The van der Waals surface area contributed by atoms with Gasteiger partial charge < -0.3 is 30.2 Å². The first-order valence-electron chi connectivity index (χ1n) is 13.6. The molecule has 2 fully saturated rings. The fourth-order valence-corrected chi connectivity index (χ4v) is 5.99. The van der Waals surface area contributed by atoms with Gasteiger partial charge in [0.2, 0.25) is 5.95 Å². The second kappa shape index (κ2) is 11.7. The van der Waals surface area contributed by atoms with Crippen LogP contribution in [-0.4, -0.2) is 73.3 Å². The number of imidazole rings is 1. The van der Waals surface area contributed by atoms with Crippen molar-refractivity contribution in [1.82, 2.24) is 24.6 Å². The Morgan fingerprint density at radius 2 is 2.00 bits per heavy atom. The van der Waals surface area contributed by atoms with Crippen LogP contribution in [0, 0.1) is 0 Å². The number of fused-ring (bicyclic) bond motifs is 1. The molecule has 1 aliphatic carbocycles. The normalized spacial score (nSPS) is 26.2. The van der Waals surface area contributed by atoms with Crippen LogP contribution in [0.2, 0.25) is 0 Å². The molecule has 5 rings (SSSR count). The van der Waals surface area contributed by atoms with Crippen molar-refractivity contribution in [2.45, 2.75) is 82.8 Å². The predicted molar refractivity (Wildman–Crippen MR) is 150 cm³/mol. The molecule has 1 saturated carbocycles. The Balaban J connectivity index is 1.36. The monoisotopic (exact) mass is 607 g/mol. The van der Waals surface area contributed by atoms with E-state index >= 15 is 4.39 Å². The fourth-order valence-electron chi connectivity index (χ4n) is 4.48. The molecular formula is C26H35FN7O7P. The van der Waals surface area contributed by atoms with E-state index in [1.165, 1.54) is 24.7 Å². The summed E-state index contributed by atoms with van der Waals surface area (Å²) in [5.74, 6) is -0.103. The third-order valence-corrected chi connectivity index (χ3v) is 8.41. The standard InChI is InChI=1S/C26H35FN7O7P/c1-14(2)39-23(36)15(3)33-42(37,41-17-8-6-5-7-9-17)38-12-18-20(35)26(4,27)24(40-18)34-13-29-19-21(30-16-10-11-16)31-25(28)32-22(19)34/h5-9,13-16,18,20,24,35H,10-12H2,1-4H3,(H,33,37)(H3,28,30,31,32)/t15?,18-,20-,24-,26-,42?/m1/s1. The molecule has 2 aromatic heterocycles. The molecule has 16 heteroatoms. The number of nitrogens with two attached hydrogens (primary N) is 1. The molecule has 42 heavy (non-hydrogen) atoms. The van der Waals surface area contributed by atoms with Gasteiger partial charge in [-0.3, -0.25) is 13.9 Å². The van der Waals surface area contributed by atoms with Gasteiger partial charge in [-0.15, -0.1) is 0 Å². The number of nitrogens with zero attached hydrogens (tertiary/aromatic N) is 4. The highest BCUT2D eigenvalue weighted by Crippen LogP contribution is 2.48. The number of nitrogens with one attached hydrogen (secondary N) is 2. The quantitative estimate of drug-likeness (QED) is 0.174. The SMILES string of the molecule is CC(C)OC(=O)C(C)NP(=O)(OC[C@H]1O[C@@H](n2cnc3c(NC4CC4)nc(N)nc32)[C@](C)(F)[C@@H]1O)Oc1ccccc1. The van der Waals surface area contributed by atoms with Crippen molar-refractivity contribution in [2.75, 3.05) is 17.7 Å². The van der Waals surface area contributed by atoms with E-state index in [0.29, 0.717) is 11.3 Å². The van der Waals surface area contributed by atoms with E-state index in [4.69, 9.17) is 24.3 Å². The van der Waals surface area contributed by atoms with E-state index < -0.39 is 56.6 Å². The Morgan fingerprint density at radius 3 is 2.67 bits per heavy atom. The maximum absolute atomic E-state index is 16.1. The average Bonchev–Trinajstić information content (AvgIpc) is 3.59. The first kappa shape index (κ1) is 30.1. The van der Waals surface area contributed by atoms with E-state index in [-0.39, 0.29) is 23.4 Å². The molecule has 2 aliphatic rings. The number of aromatic nitrogens is 4. The minimum atomic E-state index is -4.28.